The Labute approximate surface area is 78.6 Å². The number of nitrogens with one attached hydrogen (secondary N) is 1. The molecule has 2 nitrogen and oxygen atoms in total. The molecule has 0 radical (unpaired) electrons. The SMILES string of the molecule is Cc1ccccc1[C@H]1NCC[C@@H]1O. The highest BCUT2D eigenvalue weighted by Gasteiger charge is 2.26. The molecule has 0 aliphatic carbocycles. The van der Waals surface area contributed by atoms with Gasteiger partial charge in [0.25, 0.3) is 0 Å². The molecule has 1 aliphatic rings. The minimum Gasteiger partial charge on any atom is -0.391 e. The van der Waals surface area contributed by atoms with Crippen molar-refractivity contribution in [2.75, 3.05) is 6.54 Å². The van der Waals surface area contributed by atoms with E-state index < -0.39 is 0 Å². The van der Waals surface area contributed by atoms with Crippen LogP contribution in [0.15, 0.2) is 24.3 Å². The van der Waals surface area contributed by atoms with Crippen molar-refractivity contribution in [3.8, 4) is 0 Å². The Balaban J connectivity index is 2.29. The number of rotatable bonds is 1. The molecule has 1 aromatic rings. The van der Waals surface area contributed by atoms with E-state index in [1.807, 2.05) is 12.1 Å². The van der Waals surface area contributed by atoms with Gasteiger partial charge >= 0.3 is 0 Å². The predicted molar refractivity (Wildman–Crippen MR) is 52.5 cm³/mol. The standard InChI is InChI=1S/C11H15NO/c1-8-4-2-3-5-9(8)11-10(13)6-7-12-11/h2-5,10-13H,6-7H2,1H3/t10-,11+/m0/s1. The summed E-state index contributed by atoms with van der Waals surface area (Å²) in [4.78, 5) is 0. The Morgan fingerprint density at radius 1 is 1.38 bits per heavy atom. The second-order valence-electron chi connectivity index (χ2n) is 3.64. The summed E-state index contributed by atoms with van der Waals surface area (Å²) in [6.07, 6.45) is 0.639. The number of aryl methyl sites for hydroxylation is 1. The van der Waals surface area contributed by atoms with Crippen LogP contribution >= 0.6 is 0 Å². The summed E-state index contributed by atoms with van der Waals surface area (Å²) in [5, 5.41) is 13.0. The van der Waals surface area contributed by atoms with Gasteiger partial charge in [-0.15, -0.1) is 0 Å². The maximum Gasteiger partial charge on any atom is 0.0747 e. The highest BCUT2D eigenvalue weighted by atomic mass is 16.3. The smallest absolute Gasteiger partial charge is 0.0747 e. The normalized spacial score (nSPS) is 27.8. The van der Waals surface area contributed by atoms with Crippen LogP contribution in [0.3, 0.4) is 0 Å². The van der Waals surface area contributed by atoms with Crippen LogP contribution in [0.25, 0.3) is 0 Å². The summed E-state index contributed by atoms with van der Waals surface area (Å²) in [6, 6.07) is 8.36. The lowest BCUT2D eigenvalue weighted by Gasteiger charge is -2.17. The molecule has 1 saturated heterocycles. The molecule has 2 atom stereocenters. The fourth-order valence-corrected chi connectivity index (χ4v) is 1.94. The predicted octanol–water partition coefficient (Wildman–Crippen LogP) is 1.39. The number of aliphatic hydroxyl groups excluding tert-OH is 1. The Morgan fingerprint density at radius 3 is 2.77 bits per heavy atom. The Hall–Kier alpha value is -0.860. The topological polar surface area (TPSA) is 32.3 Å². The van der Waals surface area contributed by atoms with Crippen LogP contribution < -0.4 is 5.32 Å². The average molecular weight is 177 g/mol. The second kappa shape index (κ2) is 3.48. The van der Waals surface area contributed by atoms with Gasteiger partial charge in [-0.3, -0.25) is 0 Å². The maximum absolute atomic E-state index is 9.70. The second-order valence-corrected chi connectivity index (χ2v) is 3.64. The van der Waals surface area contributed by atoms with Gasteiger partial charge in [-0.25, -0.2) is 0 Å². The van der Waals surface area contributed by atoms with Gasteiger partial charge in [-0.1, -0.05) is 24.3 Å². The summed E-state index contributed by atoms with van der Waals surface area (Å²) < 4.78 is 0. The van der Waals surface area contributed by atoms with E-state index in [1.165, 1.54) is 11.1 Å². The van der Waals surface area contributed by atoms with Crippen molar-refractivity contribution in [3.63, 3.8) is 0 Å². The van der Waals surface area contributed by atoms with E-state index in [1.54, 1.807) is 0 Å². The fraction of sp³-hybridized carbons (Fsp3) is 0.455. The number of hydrogen-bond acceptors (Lipinski definition) is 2. The monoisotopic (exact) mass is 177 g/mol. The van der Waals surface area contributed by atoms with E-state index >= 15 is 0 Å². The van der Waals surface area contributed by atoms with E-state index in [0.717, 1.165) is 13.0 Å². The molecule has 0 saturated carbocycles. The molecule has 0 aromatic heterocycles. The first kappa shape index (κ1) is 8.73. The summed E-state index contributed by atoms with van der Waals surface area (Å²) in [7, 11) is 0. The largest absolute Gasteiger partial charge is 0.391 e. The first-order chi connectivity index (χ1) is 6.29. The highest BCUT2D eigenvalue weighted by Crippen LogP contribution is 2.25. The first-order valence-electron chi connectivity index (χ1n) is 4.76. The minimum atomic E-state index is -0.221. The summed E-state index contributed by atoms with van der Waals surface area (Å²) >= 11 is 0. The molecule has 0 bridgehead atoms. The van der Waals surface area contributed by atoms with Crippen molar-refractivity contribution in [1.29, 1.82) is 0 Å². The molecular weight excluding hydrogens is 162 g/mol. The van der Waals surface area contributed by atoms with E-state index in [-0.39, 0.29) is 12.1 Å². The van der Waals surface area contributed by atoms with Gasteiger partial charge in [0.2, 0.25) is 0 Å². The third-order valence-corrected chi connectivity index (χ3v) is 2.71. The quantitative estimate of drug-likeness (QED) is 0.679. The van der Waals surface area contributed by atoms with E-state index in [0.29, 0.717) is 0 Å². The Morgan fingerprint density at radius 2 is 2.15 bits per heavy atom. The lowest BCUT2D eigenvalue weighted by molar-refractivity contribution is 0.160. The summed E-state index contributed by atoms with van der Waals surface area (Å²) in [5.41, 5.74) is 2.48. The van der Waals surface area contributed by atoms with Gasteiger partial charge in [0.15, 0.2) is 0 Å². The lowest BCUT2D eigenvalue weighted by Crippen LogP contribution is -2.21. The number of benzene rings is 1. The number of hydrogen-bond donors (Lipinski definition) is 2. The van der Waals surface area contributed by atoms with Gasteiger partial charge in [-0.05, 0) is 31.0 Å². The van der Waals surface area contributed by atoms with E-state index in [9.17, 15) is 5.11 Å². The molecular formula is C11H15NO. The molecule has 2 rings (SSSR count). The maximum atomic E-state index is 9.70. The molecule has 1 aromatic carbocycles. The van der Waals surface area contributed by atoms with Gasteiger partial charge < -0.3 is 10.4 Å². The van der Waals surface area contributed by atoms with Crippen molar-refractivity contribution < 1.29 is 5.11 Å². The van der Waals surface area contributed by atoms with E-state index in [2.05, 4.69) is 24.4 Å². The van der Waals surface area contributed by atoms with Crippen molar-refractivity contribution in [2.45, 2.75) is 25.5 Å². The molecule has 1 aliphatic heterocycles. The van der Waals surface area contributed by atoms with Crippen LogP contribution in [0.5, 0.6) is 0 Å². The van der Waals surface area contributed by atoms with Crippen molar-refractivity contribution in [2.24, 2.45) is 0 Å². The lowest BCUT2D eigenvalue weighted by atomic mass is 9.98. The Kier molecular flexibility index (Phi) is 2.34. The molecule has 1 heterocycles. The summed E-state index contributed by atoms with van der Waals surface area (Å²) in [6.45, 7) is 3.00. The fourth-order valence-electron chi connectivity index (χ4n) is 1.94. The zero-order valence-corrected chi connectivity index (χ0v) is 7.83. The minimum absolute atomic E-state index is 0.140. The van der Waals surface area contributed by atoms with E-state index in [4.69, 9.17) is 0 Å². The van der Waals surface area contributed by atoms with Gasteiger partial charge in [0.1, 0.15) is 0 Å². The zero-order chi connectivity index (χ0) is 9.26. The zero-order valence-electron chi connectivity index (χ0n) is 7.83. The molecule has 0 unspecified atom stereocenters. The van der Waals surface area contributed by atoms with Crippen LogP contribution in [0.2, 0.25) is 0 Å². The van der Waals surface area contributed by atoms with Crippen LogP contribution in [0.1, 0.15) is 23.6 Å². The van der Waals surface area contributed by atoms with Crippen LogP contribution in [-0.4, -0.2) is 17.8 Å². The van der Waals surface area contributed by atoms with Gasteiger partial charge in [-0.2, -0.15) is 0 Å². The van der Waals surface area contributed by atoms with Crippen LogP contribution in [0, 0.1) is 6.92 Å². The van der Waals surface area contributed by atoms with Crippen LogP contribution in [-0.2, 0) is 0 Å². The van der Waals surface area contributed by atoms with Crippen LogP contribution in [0.4, 0.5) is 0 Å². The molecule has 2 heteroatoms. The Bertz CT molecular complexity index is 298. The van der Waals surface area contributed by atoms with Gasteiger partial charge in [0, 0.05) is 0 Å². The van der Waals surface area contributed by atoms with Crippen molar-refractivity contribution >= 4 is 0 Å². The molecule has 13 heavy (non-hydrogen) atoms. The molecule has 0 amide bonds. The van der Waals surface area contributed by atoms with Crippen molar-refractivity contribution in [3.05, 3.63) is 35.4 Å². The number of aliphatic hydroxyl groups is 1. The van der Waals surface area contributed by atoms with Crippen molar-refractivity contribution in [1.82, 2.24) is 5.32 Å². The first-order valence-corrected chi connectivity index (χ1v) is 4.76. The molecule has 1 fully saturated rings. The highest BCUT2D eigenvalue weighted by molar-refractivity contribution is 5.30. The average Bonchev–Trinajstić information content (AvgIpc) is 2.52. The third-order valence-electron chi connectivity index (χ3n) is 2.71. The summed E-state index contributed by atoms with van der Waals surface area (Å²) in [5.74, 6) is 0. The third kappa shape index (κ3) is 1.60. The molecule has 0 spiro atoms. The van der Waals surface area contributed by atoms with Gasteiger partial charge in [0.05, 0.1) is 12.1 Å². The molecule has 2 N–H and O–H groups in total. The molecule has 70 valence electrons.